The smallest absolute Gasteiger partial charge is 0.213 e. The minimum atomic E-state index is -0.297. The molecule has 0 aliphatic carbocycles. The molecule has 0 saturated carbocycles. The van der Waals surface area contributed by atoms with Gasteiger partial charge in [0, 0.05) is 13.0 Å². The minimum absolute atomic E-state index is 0.266. The first-order chi connectivity index (χ1) is 9.28. The standard InChI is InChI=1S/C12H10ClFN4O/c13-6-12-16-9-2-1-8(14)5-10(9)18(12)4-3-11-15-7-19-17-11/h1-2,5,7H,3-4,6H2. The summed E-state index contributed by atoms with van der Waals surface area (Å²) in [5.41, 5.74) is 1.45. The van der Waals surface area contributed by atoms with Crippen LogP contribution in [0.3, 0.4) is 0 Å². The van der Waals surface area contributed by atoms with Gasteiger partial charge in [0.2, 0.25) is 6.39 Å². The van der Waals surface area contributed by atoms with Crippen molar-refractivity contribution >= 4 is 22.6 Å². The molecule has 2 aromatic heterocycles. The lowest BCUT2D eigenvalue weighted by molar-refractivity contribution is 0.408. The maximum absolute atomic E-state index is 13.3. The van der Waals surface area contributed by atoms with Gasteiger partial charge in [-0.05, 0) is 18.2 Å². The molecule has 0 amide bonds. The highest BCUT2D eigenvalue weighted by Gasteiger charge is 2.11. The first-order valence-corrected chi connectivity index (χ1v) is 6.27. The van der Waals surface area contributed by atoms with E-state index in [9.17, 15) is 4.39 Å². The molecule has 0 atom stereocenters. The zero-order valence-electron chi connectivity index (χ0n) is 9.88. The van der Waals surface area contributed by atoms with Crippen LogP contribution in [0.4, 0.5) is 4.39 Å². The zero-order chi connectivity index (χ0) is 13.2. The lowest BCUT2D eigenvalue weighted by Crippen LogP contribution is -2.06. The Bertz CT molecular complexity index is 695. The maximum Gasteiger partial charge on any atom is 0.213 e. The Morgan fingerprint density at radius 1 is 1.37 bits per heavy atom. The van der Waals surface area contributed by atoms with E-state index in [2.05, 4.69) is 19.6 Å². The molecular formula is C12H10ClFN4O. The summed E-state index contributed by atoms with van der Waals surface area (Å²) in [4.78, 5) is 8.32. The van der Waals surface area contributed by atoms with Crippen molar-refractivity contribution in [3.63, 3.8) is 0 Å². The Morgan fingerprint density at radius 3 is 3.00 bits per heavy atom. The number of aromatic nitrogens is 4. The summed E-state index contributed by atoms with van der Waals surface area (Å²) < 4.78 is 19.9. The second kappa shape index (κ2) is 4.97. The monoisotopic (exact) mass is 280 g/mol. The molecule has 0 radical (unpaired) electrons. The molecule has 3 aromatic rings. The van der Waals surface area contributed by atoms with Crippen LogP contribution in [0.2, 0.25) is 0 Å². The van der Waals surface area contributed by atoms with Crippen molar-refractivity contribution < 1.29 is 8.91 Å². The first kappa shape index (κ1) is 12.1. The number of aryl methyl sites for hydroxylation is 2. The highest BCUT2D eigenvalue weighted by molar-refractivity contribution is 6.16. The van der Waals surface area contributed by atoms with Crippen molar-refractivity contribution in [2.45, 2.75) is 18.8 Å². The summed E-state index contributed by atoms with van der Waals surface area (Å²) in [5, 5.41) is 3.74. The highest BCUT2D eigenvalue weighted by Crippen LogP contribution is 2.19. The van der Waals surface area contributed by atoms with Crippen LogP contribution < -0.4 is 0 Å². The fourth-order valence-corrected chi connectivity index (χ4v) is 2.22. The Morgan fingerprint density at radius 2 is 2.26 bits per heavy atom. The molecule has 5 nitrogen and oxygen atoms in total. The van der Waals surface area contributed by atoms with E-state index in [0.29, 0.717) is 24.6 Å². The number of alkyl halides is 1. The van der Waals surface area contributed by atoms with Crippen molar-refractivity contribution in [2.75, 3.05) is 0 Å². The van der Waals surface area contributed by atoms with E-state index in [1.807, 2.05) is 4.57 Å². The molecule has 0 bridgehead atoms. The van der Waals surface area contributed by atoms with Gasteiger partial charge in [-0.15, -0.1) is 11.6 Å². The summed E-state index contributed by atoms with van der Waals surface area (Å²) in [7, 11) is 0. The summed E-state index contributed by atoms with van der Waals surface area (Å²) in [6, 6.07) is 4.48. The number of halogens is 2. The molecule has 0 N–H and O–H groups in total. The van der Waals surface area contributed by atoms with Gasteiger partial charge in [0.25, 0.3) is 0 Å². The van der Waals surface area contributed by atoms with Gasteiger partial charge < -0.3 is 9.09 Å². The van der Waals surface area contributed by atoms with Gasteiger partial charge in [-0.25, -0.2) is 9.37 Å². The molecule has 0 spiro atoms. The topological polar surface area (TPSA) is 56.7 Å². The quantitative estimate of drug-likeness (QED) is 0.689. The lowest BCUT2D eigenvalue weighted by Gasteiger charge is -2.05. The summed E-state index contributed by atoms with van der Waals surface area (Å²) in [6.07, 6.45) is 1.85. The summed E-state index contributed by atoms with van der Waals surface area (Å²) in [6.45, 7) is 0.571. The second-order valence-electron chi connectivity index (χ2n) is 4.04. The molecule has 2 heterocycles. The number of nitrogens with zero attached hydrogens (tertiary/aromatic N) is 4. The molecule has 1 aromatic carbocycles. The number of imidazole rings is 1. The molecular weight excluding hydrogens is 271 g/mol. The van der Waals surface area contributed by atoms with E-state index in [0.717, 1.165) is 11.0 Å². The van der Waals surface area contributed by atoms with Crippen LogP contribution in [0.25, 0.3) is 11.0 Å². The SMILES string of the molecule is Fc1ccc2nc(CCl)n(CCc3ncon3)c2c1. The first-order valence-electron chi connectivity index (χ1n) is 5.74. The molecule has 0 unspecified atom stereocenters. The van der Waals surface area contributed by atoms with E-state index in [-0.39, 0.29) is 11.7 Å². The van der Waals surface area contributed by atoms with Gasteiger partial charge in [-0.1, -0.05) is 5.16 Å². The predicted molar refractivity (Wildman–Crippen MR) is 67.3 cm³/mol. The molecule has 0 aliphatic heterocycles. The molecule has 3 rings (SSSR count). The van der Waals surface area contributed by atoms with Crippen molar-refractivity contribution in [1.82, 2.24) is 19.7 Å². The Hall–Kier alpha value is -1.95. The molecule has 0 fully saturated rings. The van der Waals surface area contributed by atoms with Gasteiger partial charge in [-0.3, -0.25) is 0 Å². The van der Waals surface area contributed by atoms with Crippen LogP contribution in [-0.2, 0) is 18.8 Å². The number of rotatable bonds is 4. The van der Waals surface area contributed by atoms with E-state index >= 15 is 0 Å². The largest absolute Gasteiger partial charge is 0.343 e. The summed E-state index contributed by atoms with van der Waals surface area (Å²) in [5.74, 6) is 1.27. The fraction of sp³-hybridized carbons (Fsp3) is 0.250. The van der Waals surface area contributed by atoms with Gasteiger partial charge in [0.1, 0.15) is 11.6 Å². The van der Waals surface area contributed by atoms with Crippen LogP contribution in [0.1, 0.15) is 11.6 Å². The van der Waals surface area contributed by atoms with E-state index in [1.54, 1.807) is 6.07 Å². The third kappa shape index (κ3) is 2.31. The van der Waals surface area contributed by atoms with Gasteiger partial charge in [0.15, 0.2) is 5.82 Å². The Labute approximate surface area is 113 Å². The molecule has 0 saturated heterocycles. The normalized spacial score (nSPS) is 11.3. The summed E-state index contributed by atoms with van der Waals surface area (Å²) >= 11 is 5.88. The van der Waals surface area contributed by atoms with Gasteiger partial charge >= 0.3 is 0 Å². The van der Waals surface area contributed by atoms with Crippen LogP contribution >= 0.6 is 11.6 Å². The second-order valence-corrected chi connectivity index (χ2v) is 4.31. The Balaban J connectivity index is 1.97. The average molecular weight is 281 g/mol. The van der Waals surface area contributed by atoms with Crippen LogP contribution in [-0.4, -0.2) is 19.7 Å². The third-order valence-corrected chi connectivity index (χ3v) is 3.11. The Kier molecular flexibility index (Phi) is 3.16. The highest BCUT2D eigenvalue weighted by atomic mass is 35.5. The number of hydrogen-bond acceptors (Lipinski definition) is 4. The van der Waals surface area contributed by atoms with Gasteiger partial charge in [0.05, 0.1) is 16.9 Å². The van der Waals surface area contributed by atoms with Crippen molar-refractivity contribution in [2.24, 2.45) is 0 Å². The number of hydrogen-bond donors (Lipinski definition) is 0. The van der Waals surface area contributed by atoms with Crippen LogP contribution in [0, 0.1) is 5.82 Å². The van der Waals surface area contributed by atoms with Crippen molar-refractivity contribution in [3.05, 3.63) is 42.1 Å². The third-order valence-electron chi connectivity index (χ3n) is 2.87. The molecule has 7 heteroatoms. The van der Waals surface area contributed by atoms with Crippen LogP contribution in [0.15, 0.2) is 29.1 Å². The zero-order valence-corrected chi connectivity index (χ0v) is 10.6. The lowest BCUT2D eigenvalue weighted by atomic mass is 10.3. The molecule has 0 aliphatic rings. The minimum Gasteiger partial charge on any atom is -0.343 e. The van der Waals surface area contributed by atoms with Crippen LogP contribution in [0.5, 0.6) is 0 Å². The van der Waals surface area contributed by atoms with E-state index in [4.69, 9.17) is 11.6 Å². The number of fused-ring (bicyclic) bond motifs is 1. The molecule has 19 heavy (non-hydrogen) atoms. The van der Waals surface area contributed by atoms with Crippen molar-refractivity contribution in [1.29, 1.82) is 0 Å². The van der Waals surface area contributed by atoms with E-state index < -0.39 is 0 Å². The van der Waals surface area contributed by atoms with E-state index in [1.165, 1.54) is 18.5 Å². The van der Waals surface area contributed by atoms with Gasteiger partial charge in [-0.2, -0.15) is 4.98 Å². The number of benzene rings is 1. The average Bonchev–Trinajstić information content (AvgIpc) is 3.03. The maximum atomic E-state index is 13.3. The van der Waals surface area contributed by atoms with Crippen molar-refractivity contribution in [3.8, 4) is 0 Å². The fourth-order valence-electron chi connectivity index (χ4n) is 2.01. The molecule has 98 valence electrons. The predicted octanol–water partition coefficient (Wildman–Crippen LogP) is 2.54.